The Bertz CT molecular complexity index is 574. The zero-order chi connectivity index (χ0) is 13.7. The lowest BCUT2D eigenvalue weighted by Crippen LogP contribution is -2.15. The summed E-state index contributed by atoms with van der Waals surface area (Å²) in [4.78, 5) is 18.9. The van der Waals surface area contributed by atoms with Crippen molar-refractivity contribution in [1.29, 1.82) is 0 Å². The van der Waals surface area contributed by atoms with Crippen molar-refractivity contribution in [2.45, 2.75) is 13.1 Å². The second-order valence-electron chi connectivity index (χ2n) is 3.97. The molecule has 0 radical (unpaired) electrons. The van der Waals surface area contributed by atoms with Gasteiger partial charge in [-0.3, -0.25) is 4.79 Å². The monoisotopic (exact) mass is 276 g/mol. The summed E-state index contributed by atoms with van der Waals surface area (Å²) in [7, 11) is 0. The number of benzene rings is 1. The number of rotatable bonds is 5. The zero-order valence-corrected chi connectivity index (χ0v) is 10.9. The first-order chi connectivity index (χ1) is 9.16. The predicted molar refractivity (Wildman–Crippen MR) is 72.5 cm³/mol. The fourth-order valence-electron chi connectivity index (χ4n) is 1.59. The molecule has 19 heavy (non-hydrogen) atoms. The summed E-state index contributed by atoms with van der Waals surface area (Å²) in [6.07, 6.45) is 3.20. The number of nitrogens with two attached hydrogens (primary N) is 1. The standard InChI is InChI=1S/C13H13ClN4O/c14-12-5-9(13(15)19)1-2-10(12)6-17-7-11-3-4-16-8-18-11/h1-5,8,17H,6-7H2,(H2,15,19). The molecule has 2 aromatic rings. The summed E-state index contributed by atoms with van der Waals surface area (Å²) < 4.78 is 0. The quantitative estimate of drug-likeness (QED) is 0.868. The number of nitrogens with zero attached hydrogens (tertiary/aromatic N) is 2. The lowest BCUT2D eigenvalue weighted by atomic mass is 10.1. The molecule has 0 fully saturated rings. The van der Waals surface area contributed by atoms with E-state index in [9.17, 15) is 4.79 Å². The summed E-state index contributed by atoms with van der Waals surface area (Å²) in [6.45, 7) is 1.21. The Labute approximate surface area is 115 Å². The number of amides is 1. The molecule has 0 atom stereocenters. The highest BCUT2D eigenvalue weighted by atomic mass is 35.5. The molecule has 1 heterocycles. The minimum absolute atomic E-state index is 0.407. The summed E-state index contributed by atoms with van der Waals surface area (Å²) in [6, 6.07) is 6.86. The van der Waals surface area contributed by atoms with E-state index >= 15 is 0 Å². The summed E-state index contributed by atoms with van der Waals surface area (Å²) in [5, 5.41) is 3.74. The molecule has 3 N–H and O–H groups in total. The van der Waals surface area contributed by atoms with Gasteiger partial charge in [-0.05, 0) is 23.8 Å². The lowest BCUT2D eigenvalue weighted by molar-refractivity contribution is 0.100. The number of carbonyl (C=O) groups is 1. The van der Waals surface area contributed by atoms with Gasteiger partial charge in [-0.2, -0.15) is 0 Å². The first-order valence-electron chi connectivity index (χ1n) is 5.70. The molecule has 0 aliphatic carbocycles. The van der Waals surface area contributed by atoms with E-state index < -0.39 is 5.91 Å². The van der Waals surface area contributed by atoms with Crippen molar-refractivity contribution in [2.24, 2.45) is 5.73 Å². The topological polar surface area (TPSA) is 80.9 Å². The molecule has 1 aromatic heterocycles. The molecule has 2 rings (SSSR count). The van der Waals surface area contributed by atoms with Gasteiger partial charge in [-0.15, -0.1) is 0 Å². The number of nitrogens with one attached hydrogen (secondary N) is 1. The molecule has 0 spiro atoms. The van der Waals surface area contributed by atoms with Gasteiger partial charge in [0.25, 0.3) is 0 Å². The highest BCUT2D eigenvalue weighted by Gasteiger charge is 2.05. The van der Waals surface area contributed by atoms with Crippen LogP contribution in [0, 0.1) is 0 Å². The number of hydrogen-bond acceptors (Lipinski definition) is 4. The van der Waals surface area contributed by atoms with Crippen LogP contribution in [0.3, 0.4) is 0 Å². The van der Waals surface area contributed by atoms with Crippen LogP contribution < -0.4 is 11.1 Å². The number of carbonyl (C=O) groups excluding carboxylic acids is 1. The number of primary amides is 1. The maximum absolute atomic E-state index is 11.0. The van der Waals surface area contributed by atoms with Gasteiger partial charge >= 0.3 is 0 Å². The van der Waals surface area contributed by atoms with Crippen molar-refractivity contribution in [3.8, 4) is 0 Å². The Morgan fingerprint density at radius 1 is 1.32 bits per heavy atom. The highest BCUT2D eigenvalue weighted by molar-refractivity contribution is 6.31. The predicted octanol–water partition coefficient (Wildman–Crippen LogP) is 1.52. The number of aromatic nitrogens is 2. The van der Waals surface area contributed by atoms with Gasteiger partial charge < -0.3 is 11.1 Å². The molecule has 1 aromatic carbocycles. The molecule has 5 nitrogen and oxygen atoms in total. The Kier molecular flexibility index (Phi) is 4.43. The van der Waals surface area contributed by atoms with Gasteiger partial charge in [0.15, 0.2) is 0 Å². The third-order valence-electron chi connectivity index (χ3n) is 2.60. The van der Waals surface area contributed by atoms with Crippen LogP contribution in [-0.4, -0.2) is 15.9 Å². The van der Waals surface area contributed by atoms with E-state index in [4.69, 9.17) is 17.3 Å². The van der Waals surface area contributed by atoms with E-state index in [1.54, 1.807) is 24.4 Å². The molecule has 0 saturated heterocycles. The number of halogens is 1. The minimum Gasteiger partial charge on any atom is -0.366 e. The maximum Gasteiger partial charge on any atom is 0.248 e. The first-order valence-corrected chi connectivity index (χ1v) is 6.08. The summed E-state index contributed by atoms with van der Waals surface area (Å²) >= 11 is 6.08. The summed E-state index contributed by atoms with van der Waals surface area (Å²) in [5.74, 6) is -0.484. The van der Waals surface area contributed by atoms with E-state index in [0.717, 1.165) is 11.3 Å². The third-order valence-corrected chi connectivity index (χ3v) is 2.95. The van der Waals surface area contributed by atoms with Crippen molar-refractivity contribution >= 4 is 17.5 Å². The second-order valence-corrected chi connectivity index (χ2v) is 4.38. The van der Waals surface area contributed by atoms with Crippen LogP contribution in [0.15, 0.2) is 36.8 Å². The van der Waals surface area contributed by atoms with Crippen LogP contribution >= 0.6 is 11.6 Å². The molecule has 0 aliphatic heterocycles. The average Bonchev–Trinajstić information content (AvgIpc) is 2.41. The van der Waals surface area contributed by atoms with Crippen molar-refractivity contribution in [3.63, 3.8) is 0 Å². The van der Waals surface area contributed by atoms with Crippen molar-refractivity contribution in [2.75, 3.05) is 0 Å². The van der Waals surface area contributed by atoms with E-state index in [1.807, 2.05) is 6.07 Å². The van der Waals surface area contributed by atoms with Gasteiger partial charge in [0.05, 0.1) is 5.69 Å². The molecule has 6 heteroatoms. The SMILES string of the molecule is NC(=O)c1ccc(CNCc2ccncn2)c(Cl)c1. The largest absolute Gasteiger partial charge is 0.366 e. The van der Waals surface area contributed by atoms with Gasteiger partial charge in [-0.25, -0.2) is 9.97 Å². The van der Waals surface area contributed by atoms with E-state index in [0.29, 0.717) is 23.7 Å². The van der Waals surface area contributed by atoms with Crippen LogP contribution in [0.1, 0.15) is 21.6 Å². The van der Waals surface area contributed by atoms with Crippen LogP contribution in [0.5, 0.6) is 0 Å². The van der Waals surface area contributed by atoms with Gasteiger partial charge in [-0.1, -0.05) is 17.7 Å². The second kappa shape index (κ2) is 6.26. The molecular weight excluding hydrogens is 264 g/mol. The molecule has 0 unspecified atom stereocenters. The smallest absolute Gasteiger partial charge is 0.248 e. The fourth-order valence-corrected chi connectivity index (χ4v) is 1.84. The Balaban J connectivity index is 1.95. The van der Waals surface area contributed by atoms with Gasteiger partial charge in [0, 0.05) is 29.9 Å². The molecule has 1 amide bonds. The zero-order valence-electron chi connectivity index (χ0n) is 10.1. The molecule has 0 saturated carbocycles. The van der Waals surface area contributed by atoms with Gasteiger partial charge in [0.2, 0.25) is 5.91 Å². The van der Waals surface area contributed by atoms with Gasteiger partial charge in [0.1, 0.15) is 6.33 Å². The Hall–Kier alpha value is -1.98. The van der Waals surface area contributed by atoms with E-state index in [1.165, 1.54) is 6.33 Å². The van der Waals surface area contributed by atoms with Crippen LogP contribution in [0.4, 0.5) is 0 Å². The Morgan fingerprint density at radius 3 is 2.79 bits per heavy atom. The Morgan fingerprint density at radius 2 is 2.16 bits per heavy atom. The first kappa shape index (κ1) is 13.5. The fraction of sp³-hybridized carbons (Fsp3) is 0.154. The molecule has 0 aliphatic rings. The van der Waals surface area contributed by atoms with Crippen molar-refractivity contribution < 1.29 is 4.79 Å². The third kappa shape index (κ3) is 3.74. The number of hydrogen-bond donors (Lipinski definition) is 2. The van der Waals surface area contributed by atoms with E-state index in [2.05, 4.69) is 15.3 Å². The highest BCUT2D eigenvalue weighted by Crippen LogP contribution is 2.17. The average molecular weight is 277 g/mol. The van der Waals surface area contributed by atoms with E-state index in [-0.39, 0.29) is 0 Å². The molecule has 98 valence electrons. The minimum atomic E-state index is -0.484. The van der Waals surface area contributed by atoms with Crippen LogP contribution in [0.2, 0.25) is 5.02 Å². The van der Waals surface area contributed by atoms with Crippen LogP contribution in [-0.2, 0) is 13.1 Å². The van der Waals surface area contributed by atoms with Crippen molar-refractivity contribution in [3.05, 3.63) is 58.6 Å². The van der Waals surface area contributed by atoms with Crippen LogP contribution in [0.25, 0.3) is 0 Å². The maximum atomic E-state index is 11.0. The lowest BCUT2D eigenvalue weighted by Gasteiger charge is -2.07. The van der Waals surface area contributed by atoms with Crippen molar-refractivity contribution in [1.82, 2.24) is 15.3 Å². The molecule has 0 bridgehead atoms. The normalized spacial score (nSPS) is 10.4. The summed E-state index contributed by atoms with van der Waals surface area (Å²) in [5.41, 5.74) is 7.39. The molecular formula is C13H13ClN4O.